The van der Waals surface area contributed by atoms with Crippen LogP contribution in [0.5, 0.6) is 11.5 Å². The number of aliphatic hydroxyl groups excluding tert-OH is 1. The molecule has 2 atom stereocenters. The fourth-order valence-corrected chi connectivity index (χ4v) is 5.69. The first kappa shape index (κ1) is 30.2. The van der Waals surface area contributed by atoms with Gasteiger partial charge in [-0.2, -0.15) is 0 Å². The molecule has 0 fully saturated rings. The number of anilines is 1. The maximum atomic E-state index is 13.3. The van der Waals surface area contributed by atoms with Gasteiger partial charge in [-0.05, 0) is 64.6 Å². The van der Waals surface area contributed by atoms with Gasteiger partial charge < -0.3 is 19.5 Å². The second-order valence-electron chi connectivity index (χ2n) is 10.3. The summed E-state index contributed by atoms with van der Waals surface area (Å²) in [7, 11) is 0. The summed E-state index contributed by atoms with van der Waals surface area (Å²) >= 11 is 0. The Hall–Kier alpha value is -4.25. The Morgan fingerprint density at radius 1 is 0.744 bits per heavy atom. The van der Waals surface area contributed by atoms with Crippen molar-refractivity contribution in [3.63, 3.8) is 0 Å². The quantitative estimate of drug-likeness (QED) is 0.198. The largest absolute Gasteiger partial charge is 0.573 e. The third kappa shape index (κ3) is 7.05. The van der Waals surface area contributed by atoms with Crippen LogP contribution in [-0.2, 0) is 11.8 Å². The van der Waals surface area contributed by atoms with Gasteiger partial charge in [0.25, 0.3) is 0 Å². The Bertz CT molecular complexity index is 1570. The van der Waals surface area contributed by atoms with Crippen LogP contribution in [0.4, 0.5) is 36.4 Å². The molecule has 1 aliphatic heterocycles. The number of β-amino-alcohol motifs (C(OH)–C–C–N with tert-alkyl or cyclic N) is 1. The number of nitrogens with zero attached hydrogens (tertiary/aromatic N) is 1. The molecule has 0 spiro atoms. The number of halogens is 7. The number of fused-ring (bicyclic) bond motifs is 1. The van der Waals surface area contributed by atoms with E-state index in [1.54, 1.807) is 53.4 Å². The van der Waals surface area contributed by atoms with E-state index in [0.29, 0.717) is 22.4 Å². The summed E-state index contributed by atoms with van der Waals surface area (Å²) in [6.45, 7) is -0.808. The Morgan fingerprint density at radius 2 is 1.35 bits per heavy atom. The Morgan fingerprint density at radius 3 is 2.02 bits per heavy atom. The predicted octanol–water partition coefficient (Wildman–Crippen LogP) is 7.83. The highest BCUT2D eigenvalue weighted by atomic mass is 19.4. The van der Waals surface area contributed by atoms with Gasteiger partial charge in [0, 0.05) is 24.2 Å². The molecule has 4 aromatic carbocycles. The van der Waals surface area contributed by atoms with Gasteiger partial charge in [0.2, 0.25) is 0 Å². The average molecular weight is 606 g/mol. The topological polar surface area (TPSA) is 41.9 Å². The minimum atomic E-state index is -4.91. The van der Waals surface area contributed by atoms with Crippen LogP contribution < -0.4 is 14.4 Å². The lowest BCUT2D eigenvalue weighted by molar-refractivity contribution is -0.275. The Labute approximate surface area is 242 Å². The molecule has 1 unspecified atom stereocenters. The molecule has 4 nitrogen and oxygen atoms in total. The number of hydrogen-bond acceptors (Lipinski definition) is 4. The minimum Gasteiger partial charge on any atom is -0.406 e. The van der Waals surface area contributed by atoms with Gasteiger partial charge in [-0.3, -0.25) is 0 Å². The number of aliphatic hydroxyl groups is 1. The van der Waals surface area contributed by atoms with Crippen molar-refractivity contribution in [2.45, 2.75) is 30.7 Å². The van der Waals surface area contributed by atoms with Gasteiger partial charge in [-0.25, -0.2) is 4.39 Å². The molecule has 0 aliphatic carbocycles. The van der Waals surface area contributed by atoms with Gasteiger partial charge in [0.05, 0.1) is 6.10 Å². The lowest BCUT2D eigenvalue weighted by Crippen LogP contribution is -2.40. The van der Waals surface area contributed by atoms with E-state index < -0.39 is 36.7 Å². The van der Waals surface area contributed by atoms with Crippen LogP contribution in [0.1, 0.15) is 16.7 Å². The van der Waals surface area contributed by atoms with E-state index >= 15 is 0 Å². The summed E-state index contributed by atoms with van der Waals surface area (Å²) < 4.78 is 99.5. The van der Waals surface area contributed by atoms with E-state index in [2.05, 4.69) is 9.47 Å². The maximum Gasteiger partial charge on any atom is 0.573 e. The van der Waals surface area contributed by atoms with E-state index in [-0.39, 0.29) is 25.3 Å². The molecule has 1 aliphatic rings. The molecule has 4 aromatic rings. The normalized spacial score (nSPS) is 17.4. The van der Waals surface area contributed by atoms with Crippen LogP contribution in [0.2, 0.25) is 0 Å². The molecular weight excluding hydrogens is 579 g/mol. The summed E-state index contributed by atoms with van der Waals surface area (Å²) in [5, 5.41) is 10.2. The molecule has 5 rings (SSSR count). The lowest BCUT2D eigenvalue weighted by Gasteiger charge is -2.33. The summed E-state index contributed by atoms with van der Waals surface area (Å²) in [6, 6.07) is 25.5. The Balaban J connectivity index is 1.59. The molecular formula is C32H26F7NO3. The van der Waals surface area contributed by atoms with E-state index in [4.69, 9.17) is 0 Å². The van der Waals surface area contributed by atoms with Crippen molar-refractivity contribution in [1.29, 1.82) is 0 Å². The number of hydrogen-bond donors (Lipinski definition) is 1. The number of rotatable bonds is 9. The predicted molar refractivity (Wildman–Crippen MR) is 147 cm³/mol. The minimum absolute atomic E-state index is 0.0416. The van der Waals surface area contributed by atoms with Crippen LogP contribution in [0.15, 0.2) is 97.1 Å². The van der Waals surface area contributed by atoms with Crippen molar-refractivity contribution < 1.29 is 45.3 Å². The van der Waals surface area contributed by atoms with Crippen molar-refractivity contribution in [2.75, 3.05) is 24.7 Å². The van der Waals surface area contributed by atoms with Crippen LogP contribution in [-0.4, -0.2) is 43.7 Å². The maximum absolute atomic E-state index is 13.3. The highest BCUT2D eigenvalue weighted by molar-refractivity contribution is 5.69. The molecule has 0 bridgehead atoms. The van der Waals surface area contributed by atoms with Gasteiger partial charge >= 0.3 is 12.7 Å². The van der Waals surface area contributed by atoms with Gasteiger partial charge in [0.1, 0.15) is 18.2 Å². The second-order valence-corrected chi connectivity index (χ2v) is 10.3. The van der Waals surface area contributed by atoms with Crippen molar-refractivity contribution in [2.24, 2.45) is 0 Å². The third-order valence-electron chi connectivity index (χ3n) is 7.28. The van der Waals surface area contributed by atoms with Crippen LogP contribution in [0.3, 0.4) is 0 Å². The first-order chi connectivity index (χ1) is 20.3. The van der Waals surface area contributed by atoms with Crippen LogP contribution in [0, 0.1) is 0 Å². The fourth-order valence-electron chi connectivity index (χ4n) is 5.69. The molecule has 1 N–H and O–H groups in total. The summed E-state index contributed by atoms with van der Waals surface area (Å²) in [4.78, 5) is 1.80. The third-order valence-corrected chi connectivity index (χ3v) is 7.28. The van der Waals surface area contributed by atoms with Crippen molar-refractivity contribution in [3.8, 4) is 22.6 Å². The molecule has 0 saturated heterocycles. The number of para-hydroxylation sites is 1. The molecule has 0 amide bonds. The molecule has 1 heterocycles. The molecule has 11 heteroatoms. The second kappa shape index (κ2) is 11.8. The monoisotopic (exact) mass is 605 g/mol. The van der Waals surface area contributed by atoms with E-state index in [0.717, 1.165) is 11.1 Å². The van der Waals surface area contributed by atoms with Crippen molar-refractivity contribution >= 4 is 5.69 Å². The number of alkyl halides is 7. The van der Waals surface area contributed by atoms with Gasteiger partial charge in [-0.15, -0.1) is 26.3 Å². The number of benzene rings is 4. The molecule has 0 radical (unpaired) electrons. The summed E-state index contributed by atoms with van der Waals surface area (Å²) in [5.41, 5.74) is 2.82. The van der Waals surface area contributed by atoms with Gasteiger partial charge in [0.15, 0.2) is 0 Å². The van der Waals surface area contributed by atoms with Crippen LogP contribution in [0.25, 0.3) is 11.1 Å². The average Bonchev–Trinajstić information content (AvgIpc) is 3.25. The first-order valence-corrected chi connectivity index (χ1v) is 13.3. The Kier molecular flexibility index (Phi) is 8.29. The zero-order valence-electron chi connectivity index (χ0n) is 22.5. The standard InChI is InChI=1S/C32H26F7NO3/c33-18-25(41)19-40-20-30(28-12-1-2-13-29(28)40,24-9-5-11-27(16-24)43-32(37,38)39)17-21-6-3-7-22(14-21)23-8-4-10-26(15-23)42-31(34,35)36/h1-16,25,41H,17-20H2/t25-,30?/m0/s1. The van der Waals surface area contributed by atoms with E-state index in [9.17, 15) is 35.8 Å². The van der Waals surface area contributed by atoms with E-state index in [1.165, 1.54) is 36.4 Å². The molecule has 0 saturated carbocycles. The fraction of sp³-hybridized carbons (Fsp3) is 0.250. The zero-order chi connectivity index (χ0) is 30.8. The SMILES string of the molecule is O[C@@H](CF)CN1CC(Cc2cccc(-c3cccc(OC(F)(F)F)c3)c2)(c2cccc(OC(F)(F)F)c2)c2ccccc21. The van der Waals surface area contributed by atoms with Crippen molar-refractivity contribution in [3.05, 3.63) is 114 Å². The number of ether oxygens (including phenoxy) is 2. The summed E-state index contributed by atoms with van der Waals surface area (Å²) in [5.74, 6) is -0.778. The zero-order valence-corrected chi connectivity index (χ0v) is 22.5. The highest BCUT2D eigenvalue weighted by Crippen LogP contribution is 2.48. The lowest BCUT2D eigenvalue weighted by atomic mass is 9.71. The van der Waals surface area contributed by atoms with Crippen LogP contribution >= 0.6 is 0 Å². The highest BCUT2D eigenvalue weighted by Gasteiger charge is 2.45. The van der Waals surface area contributed by atoms with E-state index in [1.807, 2.05) is 12.1 Å². The molecule has 0 aromatic heterocycles. The molecule has 226 valence electrons. The first-order valence-electron chi connectivity index (χ1n) is 13.3. The van der Waals surface area contributed by atoms with Crippen molar-refractivity contribution in [1.82, 2.24) is 0 Å². The van der Waals surface area contributed by atoms with Gasteiger partial charge in [-0.1, -0.05) is 66.7 Å². The smallest absolute Gasteiger partial charge is 0.406 e. The summed E-state index contributed by atoms with van der Waals surface area (Å²) in [6.07, 6.45) is -10.8. The molecule has 43 heavy (non-hydrogen) atoms.